The van der Waals surface area contributed by atoms with E-state index >= 15 is 0 Å². The van der Waals surface area contributed by atoms with Crippen LogP contribution in [0.2, 0.25) is 12.6 Å². The number of unbranched alkanes of at least 4 members (excludes halogenated alkanes) is 14. The van der Waals surface area contributed by atoms with E-state index in [1.54, 1.807) is 16.4 Å². The maximum Gasteiger partial charge on any atom is 0.156 e. The lowest BCUT2D eigenvalue weighted by molar-refractivity contribution is -0.929. The average Bonchev–Trinajstić information content (AvgIpc) is 0.887. The standard InChI is InChI=1S/3C16H36N.C14H16B.C13H12B.2C10H16B.C4H12N/c3*1-5-9-13-17(14-10-6-2,15-11-7-3)16-12-8-4;1-12-7-5-6-8-13(12)11-15-14-9-3-2-4-10-14;1-3-7-12(8-4-1)11-14-13-9-5-2-6-10-13;2*1-2-3-9-11-10-7-5-4-6-8-10;1-5(2,3)4/h3*5-16H2,1-4H3;2-10H,11,15H2,1H3;1-10H,11H2;2*4-8H,2-3,9,11H2,1H3;1-4H3/q3*+1;-1;;2*-1;+1. The molecule has 0 heterocycles. The van der Waals surface area contributed by atoms with Crippen molar-refractivity contribution in [2.75, 3.05) is 107 Å². The largest absolute Gasteiger partial charge is 0.333 e. The van der Waals surface area contributed by atoms with E-state index in [1.807, 2.05) is 12.1 Å². The number of aryl methyl sites for hydroxylation is 1. The fraction of sp³-hybridized carbons (Fsp3) is 0.636. The molecule has 0 bridgehead atoms. The van der Waals surface area contributed by atoms with E-state index in [4.69, 9.17) is 0 Å². The molecule has 107 heavy (non-hydrogen) atoms. The van der Waals surface area contributed by atoms with Crippen LogP contribution in [-0.4, -0.2) is 154 Å². The van der Waals surface area contributed by atoms with E-state index < -0.39 is 0 Å². The summed E-state index contributed by atoms with van der Waals surface area (Å²) in [6.07, 6.45) is 43.9. The number of quaternary nitrogens is 4. The summed E-state index contributed by atoms with van der Waals surface area (Å²) in [4.78, 5) is 0. The van der Waals surface area contributed by atoms with Gasteiger partial charge in [0.05, 0.1) is 107 Å². The number of hydrogen-bond acceptors (Lipinski definition) is 0. The Morgan fingerprint density at radius 3 is 0.710 bits per heavy atom. The normalized spacial score (nSPS) is 11.0. The lowest BCUT2D eigenvalue weighted by atomic mass is 9.65. The molecule has 0 N–H and O–H groups in total. The van der Waals surface area contributed by atoms with Crippen LogP contribution in [0.4, 0.5) is 0 Å². The van der Waals surface area contributed by atoms with Crippen LogP contribution in [0.15, 0.2) is 176 Å². The molecule has 0 unspecified atom stereocenters. The van der Waals surface area contributed by atoms with Gasteiger partial charge in [0.25, 0.3) is 0 Å². The maximum atomic E-state index is 2.33. The Morgan fingerprint density at radius 2 is 0.467 bits per heavy atom. The molecule has 607 valence electrons. The molecule has 0 aliphatic rings. The first-order valence-corrected chi connectivity index (χ1v) is 46.4. The van der Waals surface area contributed by atoms with Gasteiger partial charge in [-0.1, -0.05) is 398 Å². The second-order valence-corrected chi connectivity index (χ2v) is 34.0. The summed E-state index contributed by atoms with van der Waals surface area (Å²) >= 11 is 0. The molecule has 0 saturated heterocycles. The SMILES string of the molecule is CCCC[BH2-]c1ccccc1.CCCC[BH2-]c1ccccc1.CCCC[N+](CCCC)(CCCC)CCCC.CCCC[N+](CCCC)(CCCC)CCCC.CCCC[N+](CCCC)(CCCC)CCCC.C[N+](C)(C)C.Cc1ccccc1C[BH2-]c1ccccc1.[B](Cc1ccccc1)c1ccccc1. The molecule has 0 aromatic heterocycles. The Labute approximate surface area is 673 Å². The summed E-state index contributed by atoms with van der Waals surface area (Å²) in [7, 11) is 11.1. The third-order valence-corrected chi connectivity index (χ3v) is 21.8. The summed E-state index contributed by atoms with van der Waals surface area (Å²) in [5.74, 6) is 0. The van der Waals surface area contributed by atoms with E-state index in [-0.39, 0.29) is 21.8 Å². The first-order chi connectivity index (χ1) is 51.9. The van der Waals surface area contributed by atoms with Crippen LogP contribution in [0.1, 0.15) is 293 Å². The topological polar surface area (TPSA) is 0 Å². The lowest BCUT2D eigenvalue weighted by Gasteiger charge is -2.39. The lowest BCUT2D eigenvalue weighted by Crippen LogP contribution is -2.50. The van der Waals surface area contributed by atoms with Crippen molar-refractivity contribution in [1.29, 1.82) is 0 Å². The monoisotopic (exact) mass is 1470 g/mol. The van der Waals surface area contributed by atoms with Gasteiger partial charge in [-0.05, 0) is 105 Å². The molecule has 1 radical (unpaired) electrons. The molecule has 0 saturated carbocycles. The molecule has 6 rings (SSSR count). The predicted molar refractivity (Wildman–Crippen MR) is 502 cm³/mol. The van der Waals surface area contributed by atoms with Gasteiger partial charge in [0.2, 0.25) is 0 Å². The first kappa shape index (κ1) is 104. The molecule has 4 nitrogen and oxygen atoms in total. The van der Waals surface area contributed by atoms with Crippen LogP contribution in [0.5, 0.6) is 0 Å². The number of nitrogens with zero attached hydrogens (tertiary/aromatic N) is 4. The minimum Gasteiger partial charge on any atom is -0.333 e. The highest BCUT2D eigenvalue weighted by atomic mass is 15.4. The summed E-state index contributed by atoms with van der Waals surface area (Å²) in [6, 6.07) is 62.3. The average molecular weight is 1470 g/mol. The third-order valence-electron chi connectivity index (χ3n) is 21.8. The minimum absolute atomic E-state index is 0.00491. The molecule has 0 fully saturated rings. The van der Waals surface area contributed by atoms with Crippen LogP contribution in [0.3, 0.4) is 0 Å². The van der Waals surface area contributed by atoms with Crippen LogP contribution in [-0.2, 0) is 12.6 Å². The Bertz CT molecular complexity index is 2420. The van der Waals surface area contributed by atoms with Gasteiger partial charge in [-0.3, -0.25) is 0 Å². The van der Waals surface area contributed by atoms with E-state index in [9.17, 15) is 0 Å². The van der Waals surface area contributed by atoms with Crippen LogP contribution in [0.25, 0.3) is 0 Å². The Hall–Kier alpha value is -4.58. The quantitative estimate of drug-likeness (QED) is 0.0203. The molecule has 8 heteroatoms. The Balaban J connectivity index is 0. The van der Waals surface area contributed by atoms with Crippen molar-refractivity contribution in [3.05, 3.63) is 193 Å². The summed E-state index contributed by atoms with van der Waals surface area (Å²) in [5, 5.41) is 0. The smallest absolute Gasteiger partial charge is 0.156 e. The number of rotatable bonds is 50. The molecule has 0 aliphatic carbocycles. The van der Waals surface area contributed by atoms with E-state index in [2.05, 4.69) is 303 Å². The molecule has 0 amide bonds. The van der Waals surface area contributed by atoms with Gasteiger partial charge >= 0.3 is 0 Å². The second kappa shape index (κ2) is 74.2. The van der Waals surface area contributed by atoms with Gasteiger partial charge in [0, 0.05) is 7.28 Å². The summed E-state index contributed by atoms with van der Waals surface area (Å²) in [6.45, 7) is 51.8. The summed E-state index contributed by atoms with van der Waals surface area (Å²) in [5.41, 5.74) is 10.3. The molecule has 6 aromatic rings. The highest BCUT2D eigenvalue weighted by Gasteiger charge is 2.27. The van der Waals surface area contributed by atoms with Crippen LogP contribution < -0.4 is 21.9 Å². The van der Waals surface area contributed by atoms with Gasteiger partial charge in [0.15, 0.2) is 7.28 Å². The van der Waals surface area contributed by atoms with E-state index in [0.29, 0.717) is 0 Å². The molecular formula is C99H180B4N4+. The van der Waals surface area contributed by atoms with Crippen molar-refractivity contribution in [2.24, 2.45) is 0 Å². The zero-order valence-corrected chi connectivity index (χ0v) is 75.7. The minimum atomic E-state index is -0.00491. The van der Waals surface area contributed by atoms with Crippen LogP contribution in [0, 0.1) is 6.92 Å². The first-order valence-electron chi connectivity index (χ1n) is 46.4. The van der Waals surface area contributed by atoms with Crippen molar-refractivity contribution in [3.8, 4) is 0 Å². The Morgan fingerprint density at radius 1 is 0.252 bits per heavy atom. The summed E-state index contributed by atoms with van der Waals surface area (Å²) < 4.78 is 5.26. The Kier molecular flexibility index (Phi) is 72.4. The highest BCUT2D eigenvalue weighted by Crippen LogP contribution is 2.20. The van der Waals surface area contributed by atoms with Gasteiger partial charge in [0.1, 0.15) is 0 Å². The van der Waals surface area contributed by atoms with Crippen LogP contribution >= 0.6 is 0 Å². The van der Waals surface area contributed by atoms with Gasteiger partial charge in [-0.25, -0.2) is 16.4 Å². The van der Waals surface area contributed by atoms with Gasteiger partial charge in [-0.2, -0.15) is 19.0 Å². The van der Waals surface area contributed by atoms with E-state index in [0.717, 1.165) is 10.8 Å². The number of benzene rings is 6. The zero-order chi connectivity index (χ0) is 79.5. The van der Waals surface area contributed by atoms with Crippen molar-refractivity contribution < 1.29 is 17.9 Å². The zero-order valence-electron chi connectivity index (χ0n) is 75.7. The maximum absolute atomic E-state index is 2.33. The highest BCUT2D eigenvalue weighted by molar-refractivity contribution is 6.54. The van der Waals surface area contributed by atoms with Crippen molar-refractivity contribution >= 4 is 51.0 Å². The fourth-order valence-corrected chi connectivity index (χ4v) is 14.7. The van der Waals surface area contributed by atoms with Crippen molar-refractivity contribution in [1.82, 2.24) is 0 Å². The van der Waals surface area contributed by atoms with Crippen molar-refractivity contribution in [2.45, 2.75) is 309 Å². The molecular weight excluding hydrogens is 1290 g/mol. The second-order valence-electron chi connectivity index (χ2n) is 34.0. The molecule has 6 aromatic carbocycles. The number of hydrogen-bond donors (Lipinski definition) is 0. The molecule has 0 spiro atoms. The molecule has 0 atom stereocenters. The van der Waals surface area contributed by atoms with Gasteiger partial charge in [-0.15, -0.1) is 0 Å². The van der Waals surface area contributed by atoms with E-state index in [1.165, 1.54) is 313 Å². The van der Waals surface area contributed by atoms with Crippen molar-refractivity contribution in [3.63, 3.8) is 0 Å². The predicted octanol–water partition coefficient (Wildman–Crippen LogP) is 22.9. The third kappa shape index (κ3) is 62.7. The molecule has 0 aliphatic heterocycles. The van der Waals surface area contributed by atoms with Gasteiger partial charge < -0.3 is 17.9 Å². The fourth-order valence-electron chi connectivity index (χ4n) is 14.7.